The van der Waals surface area contributed by atoms with Crippen molar-refractivity contribution in [1.82, 2.24) is 19.9 Å². The molecule has 0 unspecified atom stereocenters. The van der Waals surface area contributed by atoms with Crippen LogP contribution in [0.4, 0.5) is 10.5 Å². The molecule has 146 valence electrons. The van der Waals surface area contributed by atoms with E-state index in [2.05, 4.69) is 20.7 Å². The van der Waals surface area contributed by atoms with Gasteiger partial charge in [0, 0.05) is 16.3 Å². The molecule has 29 heavy (non-hydrogen) atoms. The predicted molar refractivity (Wildman–Crippen MR) is 115 cm³/mol. The van der Waals surface area contributed by atoms with Gasteiger partial charge in [-0.15, -0.1) is 0 Å². The minimum Gasteiger partial charge on any atom is -0.332 e. The van der Waals surface area contributed by atoms with E-state index in [9.17, 15) is 4.79 Å². The number of aryl methyl sites for hydroxylation is 1. The van der Waals surface area contributed by atoms with Crippen molar-refractivity contribution in [3.63, 3.8) is 0 Å². The van der Waals surface area contributed by atoms with Crippen molar-refractivity contribution in [2.24, 2.45) is 0 Å². The van der Waals surface area contributed by atoms with Crippen molar-refractivity contribution >= 4 is 40.6 Å². The first-order valence-corrected chi connectivity index (χ1v) is 9.67. The minimum atomic E-state index is -0.348. The first-order valence-electron chi connectivity index (χ1n) is 8.91. The number of urea groups is 1. The van der Waals surface area contributed by atoms with E-state index in [-0.39, 0.29) is 12.6 Å². The number of nitrogens with one attached hydrogen (secondary N) is 2. The third kappa shape index (κ3) is 4.34. The Hall–Kier alpha value is -3.09. The van der Waals surface area contributed by atoms with Crippen molar-refractivity contribution < 1.29 is 4.79 Å². The molecule has 0 aliphatic rings. The lowest BCUT2D eigenvalue weighted by atomic mass is 10.1. The summed E-state index contributed by atoms with van der Waals surface area (Å²) in [6, 6.07) is 18.0. The maximum Gasteiger partial charge on any atom is 0.319 e. The number of rotatable bonds is 4. The van der Waals surface area contributed by atoms with Gasteiger partial charge in [-0.2, -0.15) is 5.10 Å². The molecule has 0 aliphatic carbocycles. The molecule has 4 rings (SSSR count). The van der Waals surface area contributed by atoms with E-state index in [0.29, 0.717) is 21.5 Å². The fourth-order valence-corrected chi connectivity index (χ4v) is 3.19. The zero-order valence-corrected chi connectivity index (χ0v) is 17.0. The van der Waals surface area contributed by atoms with E-state index in [1.165, 1.54) is 0 Å². The molecule has 0 atom stereocenters. The number of fused-ring (bicyclic) bond motifs is 1. The first-order chi connectivity index (χ1) is 14.0. The van der Waals surface area contributed by atoms with E-state index in [1.807, 2.05) is 31.2 Å². The van der Waals surface area contributed by atoms with Crippen molar-refractivity contribution in [3.8, 4) is 11.3 Å². The van der Waals surface area contributed by atoms with E-state index < -0.39 is 0 Å². The maximum atomic E-state index is 12.4. The fraction of sp³-hybridized carbons (Fsp3) is 0.0952. The number of carbonyl (C=O) groups is 1. The zero-order chi connectivity index (χ0) is 20.4. The number of hydrogen-bond donors (Lipinski definition) is 2. The van der Waals surface area contributed by atoms with Gasteiger partial charge in [0.25, 0.3) is 0 Å². The van der Waals surface area contributed by atoms with Crippen LogP contribution in [0.1, 0.15) is 11.3 Å². The average molecular weight is 426 g/mol. The van der Waals surface area contributed by atoms with Crippen LogP contribution in [0, 0.1) is 6.92 Å². The van der Waals surface area contributed by atoms with Crippen molar-refractivity contribution in [2.45, 2.75) is 13.5 Å². The Bertz CT molecular complexity index is 1170. The van der Waals surface area contributed by atoms with Crippen LogP contribution >= 0.6 is 23.2 Å². The highest BCUT2D eigenvalue weighted by Crippen LogP contribution is 2.25. The number of halogens is 2. The standard InChI is InChI=1S/C21H17Cl2N5O/c1-13-2-4-14(5-3-13)20-17(28-19(26-20)11-10-18(23)27-28)12-24-21(29)25-16-8-6-15(22)7-9-16/h2-11H,12H2,1H3,(H2,24,25,29). The molecule has 0 radical (unpaired) electrons. The van der Waals surface area contributed by atoms with Gasteiger partial charge in [0.1, 0.15) is 5.15 Å². The second kappa shape index (κ2) is 8.11. The van der Waals surface area contributed by atoms with E-state index in [1.54, 1.807) is 40.9 Å². The van der Waals surface area contributed by atoms with Gasteiger partial charge in [0.15, 0.2) is 5.65 Å². The molecule has 4 aromatic rings. The van der Waals surface area contributed by atoms with Gasteiger partial charge in [0.05, 0.1) is 17.9 Å². The summed E-state index contributed by atoms with van der Waals surface area (Å²) in [7, 11) is 0. The molecule has 0 spiro atoms. The largest absolute Gasteiger partial charge is 0.332 e. The van der Waals surface area contributed by atoms with Crippen LogP contribution in [-0.4, -0.2) is 20.6 Å². The summed E-state index contributed by atoms with van der Waals surface area (Å²) in [6.45, 7) is 2.25. The number of anilines is 1. The minimum absolute atomic E-state index is 0.219. The highest BCUT2D eigenvalue weighted by atomic mass is 35.5. The second-order valence-electron chi connectivity index (χ2n) is 6.51. The quantitative estimate of drug-likeness (QED) is 0.463. The molecule has 0 fully saturated rings. The van der Waals surface area contributed by atoms with E-state index >= 15 is 0 Å². The van der Waals surface area contributed by atoms with Gasteiger partial charge in [-0.25, -0.2) is 14.3 Å². The van der Waals surface area contributed by atoms with Gasteiger partial charge < -0.3 is 10.6 Å². The smallest absolute Gasteiger partial charge is 0.319 e. The summed E-state index contributed by atoms with van der Waals surface area (Å²) in [5.74, 6) is 0. The molecular formula is C21H17Cl2N5O. The number of carbonyl (C=O) groups excluding carboxylic acids is 1. The Morgan fingerprint density at radius 1 is 1.00 bits per heavy atom. The van der Waals surface area contributed by atoms with Gasteiger partial charge in [0.2, 0.25) is 0 Å². The molecule has 2 amide bonds. The average Bonchev–Trinajstić information content (AvgIpc) is 3.06. The Balaban J connectivity index is 1.61. The van der Waals surface area contributed by atoms with Gasteiger partial charge >= 0.3 is 6.03 Å². The van der Waals surface area contributed by atoms with Crippen LogP contribution in [0.2, 0.25) is 10.2 Å². The zero-order valence-electron chi connectivity index (χ0n) is 15.5. The van der Waals surface area contributed by atoms with E-state index in [4.69, 9.17) is 23.2 Å². The Labute approximate surface area is 177 Å². The lowest BCUT2D eigenvalue weighted by Gasteiger charge is -2.09. The monoisotopic (exact) mass is 425 g/mol. The van der Waals surface area contributed by atoms with Crippen molar-refractivity contribution in [3.05, 3.63) is 82.1 Å². The van der Waals surface area contributed by atoms with Crippen LogP contribution in [0.25, 0.3) is 16.9 Å². The Kier molecular flexibility index (Phi) is 5.38. The van der Waals surface area contributed by atoms with Crippen LogP contribution < -0.4 is 10.6 Å². The number of amides is 2. The summed E-state index contributed by atoms with van der Waals surface area (Å²) in [5.41, 5.74) is 4.86. The van der Waals surface area contributed by atoms with Crippen LogP contribution in [-0.2, 0) is 6.54 Å². The van der Waals surface area contributed by atoms with Gasteiger partial charge in [-0.1, -0.05) is 53.0 Å². The highest BCUT2D eigenvalue weighted by Gasteiger charge is 2.16. The summed E-state index contributed by atoms with van der Waals surface area (Å²) in [4.78, 5) is 17.0. The molecule has 0 bridgehead atoms. The normalized spacial score (nSPS) is 10.9. The van der Waals surface area contributed by atoms with E-state index in [0.717, 1.165) is 22.5 Å². The third-order valence-corrected chi connectivity index (χ3v) is 4.83. The fourth-order valence-electron chi connectivity index (χ4n) is 2.93. The number of benzene rings is 2. The van der Waals surface area contributed by atoms with Crippen LogP contribution in [0.5, 0.6) is 0 Å². The lowest BCUT2D eigenvalue weighted by molar-refractivity contribution is 0.251. The van der Waals surface area contributed by atoms with Crippen molar-refractivity contribution in [1.29, 1.82) is 0 Å². The third-order valence-electron chi connectivity index (χ3n) is 4.38. The summed E-state index contributed by atoms with van der Waals surface area (Å²) in [6.07, 6.45) is 0. The predicted octanol–water partition coefficient (Wildman–Crippen LogP) is 5.33. The SMILES string of the molecule is Cc1ccc(-c2nc3ccc(Cl)nn3c2CNC(=O)Nc2ccc(Cl)cc2)cc1. The maximum absolute atomic E-state index is 12.4. The number of nitrogens with zero attached hydrogens (tertiary/aromatic N) is 3. The molecular weight excluding hydrogens is 409 g/mol. The molecule has 0 saturated carbocycles. The van der Waals surface area contributed by atoms with Gasteiger partial charge in [-0.3, -0.25) is 0 Å². The summed E-state index contributed by atoms with van der Waals surface area (Å²) >= 11 is 12.0. The molecule has 0 saturated heterocycles. The van der Waals surface area contributed by atoms with Crippen LogP contribution in [0.15, 0.2) is 60.7 Å². The molecule has 2 aromatic heterocycles. The molecule has 2 aromatic carbocycles. The second-order valence-corrected chi connectivity index (χ2v) is 7.34. The lowest BCUT2D eigenvalue weighted by Crippen LogP contribution is -2.29. The summed E-state index contributed by atoms with van der Waals surface area (Å²) in [5, 5.41) is 10.9. The Morgan fingerprint density at radius 3 is 2.45 bits per heavy atom. The van der Waals surface area contributed by atoms with Crippen molar-refractivity contribution in [2.75, 3.05) is 5.32 Å². The van der Waals surface area contributed by atoms with Crippen LogP contribution in [0.3, 0.4) is 0 Å². The topological polar surface area (TPSA) is 71.3 Å². The number of hydrogen-bond acceptors (Lipinski definition) is 3. The molecule has 6 nitrogen and oxygen atoms in total. The molecule has 2 N–H and O–H groups in total. The number of aromatic nitrogens is 3. The first kappa shape index (κ1) is 19.2. The highest BCUT2D eigenvalue weighted by molar-refractivity contribution is 6.30. The van der Waals surface area contributed by atoms with Gasteiger partial charge in [-0.05, 0) is 43.3 Å². The molecule has 2 heterocycles. The Morgan fingerprint density at radius 2 is 1.72 bits per heavy atom. The number of imidazole rings is 1. The summed E-state index contributed by atoms with van der Waals surface area (Å²) < 4.78 is 1.65. The molecule has 8 heteroatoms. The molecule has 0 aliphatic heterocycles.